The lowest BCUT2D eigenvalue weighted by molar-refractivity contribution is 0.121. The molecule has 1 aromatic carbocycles. The van der Waals surface area contributed by atoms with Crippen molar-refractivity contribution >= 4 is 0 Å². The third-order valence-corrected chi connectivity index (χ3v) is 1.86. The van der Waals surface area contributed by atoms with Gasteiger partial charge in [-0.3, -0.25) is 0 Å². The fourth-order valence-corrected chi connectivity index (χ4v) is 1.21. The van der Waals surface area contributed by atoms with Crippen LogP contribution in [0.5, 0.6) is 0 Å². The number of aliphatic hydroxyl groups is 1. The summed E-state index contributed by atoms with van der Waals surface area (Å²) < 4.78 is 5.43. The molecule has 0 saturated carbocycles. The predicted molar refractivity (Wildman–Crippen MR) is 60.4 cm³/mol. The molecule has 0 aliphatic rings. The van der Waals surface area contributed by atoms with Crippen LogP contribution in [0.25, 0.3) is 0 Å². The van der Waals surface area contributed by atoms with Crippen LogP contribution in [0.1, 0.15) is 24.5 Å². The molecule has 1 N–H and O–H groups in total. The Kier molecular flexibility index (Phi) is 5.54. The van der Waals surface area contributed by atoms with Gasteiger partial charge in [-0.2, -0.15) is 0 Å². The van der Waals surface area contributed by atoms with E-state index in [1.165, 1.54) is 0 Å². The number of rotatable bonds is 4. The topological polar surface area (TPSA) is 29.5 Å². The van der Waals surface area contributed by atoms with Crippen LogP contribution in [0.3, 0.4) is 0 Å². The fraction of sp³-hybridized carbons (Fsp3) is 0.385. The quantitative estimate of drug-likeness (QED) is 0.600. The van der Waals surface area contributed by atoms with Gasteiger partial charge in [0.25, 0.3) is 0 Å². The molecule has 0 bridgehead atoms. The Labute approximate surface area is 90.9 Å². The molecule has 2 heteroatoms. The summed E-state index contributed by atoms with van der Waals surface area (Å²) in [6, 6.07) is 7.87. The zero-order valence-corrected chi connectivity index (χ0v) is 8.99. The second-order valence-electron chi connectivity index (χ2n) is 3.21. The minimum Gasteiger partial charge on any atom is -0.384 e. The molecule has 0 radical (unpaired) electrons. The van der Waals surface area contributed by atoms with Crippen molar-refractivity contribution in [1.29, 1.82) is 0 Å². The van der Waals surface area contributed by atoms with Crippen LogP contribution in [0.4, 0.5) is 0 Å². The Balaban J connectivity index is 2.57. The van der Waals surface area contributed by atoms with Gasteiger partial charge >= 0.3 is 0 Å². The monoisotopic (exact) mass is 204 g/mol. The number of hydrogen-bond acceptors (Lipinski definition) is 2. The van der Waals surface area contributed by atoms with Crippen molar-refractivity contribution in [1.82, 2.24) is 0 Å². The Bertz CT molecular complexity index is 347. The third kappa shape index (κ3) is 4.64. The zero-order chi connectivity index (χ0) is 10.9. The molecule has 0 aliphatic carbocycles. The number of ether oxygens (including phenoxy) is 1. The summed E-state index contributed by atoms with van der Waals surface area (Å²) in [5.74, 6) is 5.49. The molecule has 1 aromatic rings. The van der Waals surface area contributed by atoms with Gasteiger partial charge in [-0.1, -0.05) is 30.9 Å². The number of benzene rings is 1. The summed E-state index contributed by atoms with van der Waals surface area (Å²) in [6.07, 6.45) is 1.03. The van der Waals surface area contributed by atoms with Gasteiger partial charge in [-0.05, 0) is 24.1 Å². The second-order valence-corrected chi connectivity index (χ2v) is 3.21. The van der Waals surface area contributed by atoms with Crippen molar-refractivity contribution in [3.05, 3.63) is 35.4 Å². The molecule has 0 aliphatic heterocycles. The van der Waals surface area contributed by atoms with E-state index < -0.39 is 0 Å². The Morgan fingerprint density at radius 3 is 3.00 bits per heavy atom. The average Bonchev–Trinajstić information content (AvgIpc) is 2.27. The van der Waals surface area contributed by atoms with Gasteiger partial charge in [-0.15, -0.1) is 0 Å². The lowest BCUT2D eigenvalue weighted by atomic mass is 10.1. The highest BCUT2D eigenvalue weighted by Gasteiger charge is 1.93. The molecular formula is C13H16O2. The van der Waals surface area contributed by atoms with E-state index in [1.54, 1.807) is 0 Å². The number of hydrogen-bond donors (Lipinski definition) is 1. The van der Waals surface area contributed by atoms with Crippen LogP contribution in [0.2, 0.25) is 0 Å². The molecule has 0 aromatic heterocycles. The molecule has 2 nitrogen and oxygen atoms in total. The molecule has 1 rings (SSSR count). The van der Waals surface area contributed by atoms with Crippen molar-refractivity contribution in [2.24, 2.45) is 0 Å². The first-order chi connectivity index (χ1) is 7.36. The molecule has 15 heavy (non-hydrogen) atoms. The highest BCUT2D eigenvalue weighted by atomic mass is 16.5. The molecular weight excluding hydrogens is 188 g/mol. The van der Waals surface area contributed by atoms with Crippen LogP contribution in [-0.2, 0) is 11.3 Å². The van der Waals surface area contributed by atoms with Crippen molar-refractivity contribution in [2.75, 3.05) is 13.2 Å². The van der Waals surface area contributed by atoms with Crippen LogP contribution >= 0.6 is 0 Å². The van der Waals surface area contributed by atoms with Crippen molar-refractivity contribution in [3.8, 4) is 11.8 Å². The lowest BCUT2D eigenvalue weighted by Crippen LogP contribution is -1.94. The molecule has 0 fully saturated rings. The normalized spacial score (nSPS) is 9.47. The van der Waals surface area contributed by atoms with E-state index in [0.29, 0.717) is 6.61 Å². The Hall–Kier alpha value is -1.30. The van der Waals surface area contributed by atoms with E-state index in [2.05, 4.69) is 18.8 Å². The molecule has 0 amide bonds. The van der Waals surface area contributed by atoms with E-state index in [-0.39, 0.29) is 6.61 Å². The van der Waals surface area contributed by atoms with Gasteiger partial charge in [0.05, 0.1) is 6.61 Å². The summed E-state index contributed by atoms with van der Waals surface area (Å²) in [6.45, 7) is 3.40. The maximum absolute atomic E-state index is 8.57. The predicted octanol–water partition coefficient (Wildman–Crippen LogP) is 1.96. The Morgan fingerprint density at radius 1 is 1.40 bits per heavy atom. The van der Waals surface area contributed by atoms with Crippen LogP contribution < -0.4 is 0 Å². The van der Waals surface area contributed by atoms with Crippen LogP contribution in [0, 0.1) is 11.8 Å². The first kappa shape index (κ1) is 11.8. The first-order valence-corrected chi connectivity index (χ1v) is 5.13. The Morgan fingerprint density at radius 2 is 2.27 bits per heavy atom. The average molecular weight is 204 g/mol. The molecule has 0 unspecified atom stereocenters. The first-order valence-electron chi connectivity index (χ1n) is 5.13. The van der Waals surface area contributed by atoms with Crippen molar-refractivity contribution in [3.63, 3.8) is 0 Å². The van der Waals surface area contributed by atoms with E-state index >= 15 is 0 Å². The van der Waals surface area contributed by atoms with Gasteiger partial charge in [0, 0.05) is 12.2 Å². The summed E-state index contributed by atoms with van der Waals surface area (Å²) in [4.78, 5) is 0. The maximum Gasteiger partial charge on any atom is 0.104 e. The molecule has 0 atom stereocenters. The van der Waals surface area contributed by atoms with Crippen LogP contribution in [0.15, 0.2) is 24.3 Å². The zero-order valence-electron chi connectivity index (χ0n) is 8.99. The highest BCUT2D eigenvalue weighted by molar-refractivity contribution is 5.36. The molecule has 80 valence electrons. The lowest BCUT2D eigenvalue weighted by Gasteiger charge is -2.02. The largest absolute Gasteiger partial charge is 0.384 e. The summed E-state index contributed by atoms with van der Waals surface area (Å²) >= 11 is 0. The molecule has 0 saturated heterocycles. The standard InChI is InChI=1S/C13H16O2/c1-2-9-15-11-13-6-3-5-12(10-13)7-4-8-14/h3,5-6,10,14H,2,8-9,11H2,1H3. The smallest absolute Gasteiger partial charge is 0.104 e. The van der Waals surface area contributed by atoms with Crippen molar-refractivity contribution in [2.45, 2.75) is 20.0 Å². The second kappa shape index (κ2) is 7.05. The maximum atomic E-state index is 8.57. The van der Waals surface area contributed by atoms with Crippen molar-refractivity contribution < 1.29 is 9.84 Å². The van der Waals surface area contributed by atoms with Gasteiger partial charge in [0.15, 0.2) is 0 Å². The SMILES string of the molecule is CCCOCc1cccc(C#CCO)c1. The van der Waals surface area contributed by atoms with E-state index in [1.807, 2.05) is 24.3 Å². The highest BCUT2D eigenvalue weighted by Crippen LogP contribution is 2.05. The van der Waals surface area contributed by atoms with Gasteiger partial charge in [-0.25, -0.2) is 0 Å². The fourth-order valence-electron chi connectivity index (χ4n) is 1.21. The minimum atomic E-state index is -0.101. The summed E-state index contributed by atoms with van der Waals surface area (Å²) in [5, 5.41) is 8.57. The third-order valence-electron chi connectivity index (χ3n) is 1.86. The van der Waals surface area contributed by atoms with Gasteiger partial charge in [0.2, 0.25) is 0 Å². The molecule has 0 heterocycles. The number of aliphatic hydroxyl groups excluding tert-OH is 1. The summed E-state index contributed by atoms with van der Waals surface area (Å²) in [7, 11) is 0. The van der Waals surface area contributed by atoms with Crippen LogP contribution in [-0.4, -0.2) is 18.3 Å². The summed E-state index contributed by atoms with van der Waals surface area (Å²) in [5.41, 5.74) is 2.04. The van der Waals surface area contributed by atoms with E-state index in [4.69, 9.17) is 9.84 Å². The van der Waals surface area contributed by atoms with Gasteiger partial charge < -0.3 is 9.84 Å². The van der Waals surface area contributed by atoms with E-state index in [0.717, 1.165) is 24.2 Å². The molecule has 0 spiro atoms. The minimum absolute atomic E-state index is 0.101. The van der Waals surface area contributed by atoms with Gasteiger partial charge in [0.1, 0.15) is 6.61 Å². The van der Waals surface area contributed by atoms with E-state index in [9.17, 15) is 0 Å².